The van der Waals surface area contributed by atoms with Crippen LogP contribution in [0.4, 0.5) is 18.9 Å². The van der Waals surface area contributed by atoms with Gasteiger partial charge in [0.1, 0.15) is 5.75 Å². The molecule has 3 rings (SSSR count). The van der Waals surface area contributed by atoms with E-state index in [2.05, 4.69) is 0 Å². The number of ketones is 1. The zero-order valence-corrected chi connectivity index (χ0v) is 16.5. The SMILES string of the molecule is COc1cccc2c1CS(=O)(=O)c1cccc(NC(=O)C(C)(O)C(F)(F)F)c1C2=O. The van der Waals surface area contributed by atoms with Gasteiger partial charge in [-0.25, -0.2) is 8.42 Å². The molecule has 1 heterocycles. The van der Waals surface area contributed by atoms with Crippen molar-refractivity contribution in [3.8, 4) is 5.75 Å². The topological polar surface area (TPSA) is 110 Å². The van der Waals surface area contributed by atoms with Crippen molar-refractivity contribution in [2.24, 2.45) is 0 Å². The molecule has 0 saturated heterocycles. The summed E-state index contributed by atoms with van der Waals surface area (Å²) >= 11 is 0. The number of nitrogens with one attached hydrogen (secondary N) is 1. The highest BCUT2D eigenvalue weighted by molar-refractivity contribution is 7.90. The smallest absolute Gasteiger partial charge is 0.426 e. The predicted octanol–water partition coefficient (Wildman–Crippen LogP) is 2.47. The summed E-state index contributed by atoms with van der Waals surface area (Å²) in [6, 6.07) is 7.67. The van der Waals surface area contributed by atoms with Crippen molar-refractivity contribution in [1.82, 2.24) is 0 Å². The monoisotopic (exact) mass is 443 g/mol. The van der Waals surface area contributed by atoms with Gasteiger partial charge in [0.2, 0.25) is 5.60 Å². The summed E-state index contributed by atoms with van der Waals surface area (Å²) in [5, 5.41) is 11.4. The zero-order valence-electron chi connectivity index (χ0n) is 15.7. The van der Waals surface area contributed by atoms with Crippen LogP contribution in [-0.4, -0.2) is 44.1 Å². The molecule has 0 aliphatic carbocycles. The number of hydrogen-bond acceptors (Lipinski definition) is 6. The summed E-state index contributed by atoms with van der Waals surface area (Å²) in [4.78, 5) is 24.8. The third kappa shape index (κ3) is 3.43. The van der Waals surface area contributed by atoms with E-state index in [0.717, 1.165) is 12.1 Å². The Balaban J connectivity index is 2.21. The first-order valence-electron chi connectivity index (χ1n) is 8.48. The standard InChI is InChI=1S/C19H16F3NO6S/c1-18(26,19(20,21)22)17(25)23-12-6-4-8-14-15(12)16(24)10-5-3-7-13(29-2)11(10)9-30(14,27)28/h3-8,26H,9H2,1-2H3,(H,23,25). The zero-order chi connectivity index (χ0) is 22.5. The summed E-state index contributed by atoms with van der Waals surface area (Å²) in [5.41, 5.74) is -4.65. The number of anilines is 1. The first-order valence-corrected chi connectivity index (χ1v) is 10.1. The number of rotatable bonds is 3. The van der Waals surface area contributed by atoms with Crippen molar-refractivity contribution in [1.29, 1.82) is 0 Å². The number of ether oxygens (including phenoxy) is 1. The van der Waals surface area contributed by atoms with Gasteiger partial charge in [-0.15, -0.1) is 0 Å². The molecule has 0 fully saturated rings. The number of carbonyl (C=O) groups is 2. The van der Waals surface area contributed by atoms with E-state index in [9.17, 15) is 36.3 Å². The Kier molecular flexibility index (Phi) is 5.15. The average Bonchev–Trinajstić information content (AvgIpc) is 2.74. The van der Waals surface area contributed by atoms with Crippen molar-refractivity contribution in [3.05, 3.63) is 53.1 Å². The normalized spacial score (nSPS) is 17.2. The summed E-state index contributed by atoms with van der Waals surface area (Å²) in [6.45, 7) is 0.253. The molecule has 1 aliphatic rings. The minimum absolute atomic E-state index is 0.0269. The molecule has 2 N–H and O–H groups in total. The van der Waals surface area contributed by atoms with Gasteiger partial charge in [-0.2, -0.15) is 13.2 Å². The molecule has 1 atom stereocenters. The van der Waals surface area contributed by atoms with Crippen LogP contribution in [0.25, 0.3) is 0 Å². The maximum atomic E-state index is 13.2. The van der Waals surface area contributed by atoms with E-state index in [-0.39, 0.29) is 23.8 Å². The van der Waals surface area contributed by atoms with Gasteiger partial charge in [0.15, 0.2) is 15.6 Å². The highest BCUT2D eigenvalue weighted by Gasteiger charge is 2.56. The van der Waals surface area contributed by atoms with Crippen LogP contribution in [0.1, 0.15) is 28.4 Å². The number of amides is 1. The van der Waals surface area contributed by atoms with Crippen LogP contribution in [0, 0.1) is 0 Å². The molecular weight excluding hydrogens is 427 g/mol. The summed E-state index contributed by atoms with van der Waals surface area (Å²) in [6.07, 6.45) is -5.29. The molecule has 2 aromatic rings. The second-order valence-electron chi connectivity index (χ2n) is 6.78. The molecule has 0 radical (unpaired) electrons. The fourth-order valence-electron chi connectivity index (χ4n) is 3.02. The van der Waals surface area contributed by atoms with E-state index in [1.807, 2.05) is 5.32 Å². The lowest BCUT2D eigenvalue weighted by atomic mass is 9.96. The highest BCUT2D eigenvalue weighted by Crippen LogP contribution is 2.38. The molecule has 1 unspecified atom stereocenters. The molecule has 160 valence electrons. The fourth-order valence-corrected chi connectivity index (χ4v) is 4.66. The van der Waals surface area contributed by atoms with Gasteiger partial charge in [0.05, 0.1) is 29.0 Å². The number of aliphatic hydroxyl groups is 1. The minimum atomic E-state index is -5.29. The van der Waals surface area contributed by atoms with Gasteiger partial charge < -0.3 is 15.2 Å². The number of sulfone groups is 1. The van der Waals surface area contributed by atoms with Gasteiger partial charge in [0, 0.05) is 11.1 Å². The Morgan fingerprint density at radius 1 is 1.17 bits per heavy atom. The number of fused-ring (bicyclic) bond motifs is 2. The van der Waals surface area contributed by atoms with Crippen LogP contribution in [0.5, 0.6) is 5.75 Å². The molecule has 7 nitrogen and oxygen atoms in total. The van der Waals surface area contributed by atoms with Gasteiger partial charge in [0.25, 0.3) is 5.91 Å². The number of benzene rings is 2. The lowest BCUT2D eigenvalue weighted by Crippen LogP contribution is -2.52. The van der Waals surface area contributed by atoms with Gasteiger partial charge in [-0.05, 0) is 25.1 Å². The molecule has 0 aromatic heterocycles. The van der Waals surface area contributed by atoms with Crippen LogP contribution >= 0.6 is 0 Å². The summed E-state index contributed by atoms with van der Waals surface area (Å²) in [7, 11) is -2.82. The quantitative estimate of drug-likeness (QED) is 0.754. The second-order valence-corrected chi connectivity index (χ2v) is 8.74. The van der Waals surface area contributed by atoms with Crippen molar-refractivity contribution >= 4 is 27.2 Å². The molecule has 2 aromatic carbocycles. The first kappa shape index (κ1) is 21.8. The molecule has 1 amide bonds. The lowest BCUT2D eigenvalue weighted by Gasteiger charge is -2.25. The van der Waals surface area contributed by atoms with E-state index in [0.29, 0.717) is 0 Å². The van der Waals surface area contributed by atoms with Crippen molar-refractivity contribution in [3.63, 3.8) is 0 Å². The third-order valence-corrected chi connectivity index (χ3v) is 6.44. The first-order chi connectivity index (χ1) is 13.8. The largest absolute Gasteiger partial charge is 0.496 e. The Bertz CT molecular complexity index is 1160. The van der Waals surface area contributed by atoms with Crippen LogP contribution < -0.4 is 10.1 Å². The van der Waals surface area contributed by atoms with Crippen LogP contribution in [0.2, 0.25) is 0 Å². The molecule has 11 heteroatoms. The summed E-state index contributed by atoms with van der Waals surface area (Å²) in [5.74, 6) is -3.10. The molecule has 30 heavy (non-hydrogen) atoms. The van der Waals surface area contributed by atoms with Gasteiger partial charge in [-0.3, -0.25) is 9.59 Å². The molecule has 1 aliphatic heterocycles. The summed E-state index contributed by atoms with van der Waals surface area (Å²) < 4.78 is 69.9. The second kappa shape index (κ2) is 7.10. The average molecular weight is 443 g/mol. The molecular formula is C19H16F3NO6S. The Morgan fingerprint density at radius 3 is 2.40 bits per heavy atom. The fraction of sp³-hybridized carbons (Fsp3) is 0.263. The maximum Gasteiger partial charge on any atom is 0.426 e. The Morgan fingerprint density at radius 2 is 1.80 bits per heavy atom. The van der Waals surface area contributed by atoms with Crippen molar-refractivity contribution < 1.29 is 41.0 Å². The van der Waals surface area contributed by atoms with Crippen LogP contribution in [0.15, 0.2) is 41.3 Å². The van der Waals surface area contributed by atoms with E-state index in [4.69, 9.17) is 4.74 Å². The Hall–Kier alpha value is -2.92. The highest BCUT2D eigenvalue weighted by atomic mass is 32.2. The number of alkyl halides is 3. The molecule has 0 spiro atoms. The number of carbonyl (C=O) groups excluding carboxylic acids is 2. The predicted molar refractivity (Wildman–Crippen MR) is 99.1 cm³/mol. The van der Waals surface area contributed by atoms with E-state index in [1.165, 1.54) is 31.4 Å². The van der Waals surface area contributed by atoms with Crippen LogP contribution in [-0.2, 0) is 20.4 Å². The van der Waals surface area contributed by atoms with Gasteiger partial charge in [-0.1, -0.05) is 18.2 Å². The maximum absolute atomic E-state index is 13.2. The lowest BCUT2D eigenvalue weighted by molar-refractivity contribution is -0.242. The molecule has 0 saturated carbocycles. The van der Waals surface area contributed by atoms with Crippen LogP contribution in [0.3, 0.4) is 0 Å². The van der Waals surface area contributed by atoms with Gasteiger partial charge >= 0.3 is 6.18 Å². The van der Waals surface area contributed by atoms with E-state index < -0.39 is 55.2 Å². The number of methoxy groups -OCH3 is 1. The van der Waals surface area contributed by atoms with E-state index >= 15 is 0 Å². The molecule has 0 bridgehead atoms. The Labute approximate surface area is 169 Å². The van der Waals surface area contributed by atoms with E-state index in [1.54, 1.807) is 0 Å². The number of halogens is 3. The van der Waals surface area contributed by atoms with Crippen molar-refractivity contribution in [2.45, 2.75) is 29.3 Å². The number of hydrogen-bond donors (Lipinski definition) is 2. The third-order valence-electron chi connectivity index (χ3n) is 4.76. The van der Waals surface area contributed by atoms with Crippen molar-refractivity contribution in [2.75, 3.05) is 12.4 Å². The minimum Gasteiger partial charge on any atom is -0.496 e.